The van der Waals surface area contributed by atoms with Gasteiger partial charge in [0.05, 0.1) is 5.92 Å². The molecule has 2 aromatic carbocycles. The Kier molecular flexibility index (Phi) is 7.56. The highest BCUT2D eigenvalue weighted by Gasteiger charge is 2.39. The molecule has 3 N–H and O–H groups in total. The average molecular weight is 439 g/mol. The number of hydrogen-bond acceptors (Lipinski definition) is 4. The summed E-state index contributed by atoms with van der Waals surface area (Å²) in [7, 11) is 0. The minimum atomic E-state index is -1.04. The van der Waals surface area contributed by atoms with Crippen LogP contribution in [-0.4, -0.2) is 52.7 Å². The van der Waals surface area contributed by atoms with Gasteiger partial charge in [-0.1, -0.05) is 56.3 Å². The van der Waals surface area contributed by atoms with E-state index in [4.69, 9.17) is 0 Å². The van der Waals surface area contributed by atoms with Gasteiger partial charge in [-0.3, -0.25) is 9.59 Å². The fraction of sp³-hybridized carbons (Fsp3) is 0.462. The lowest BCUT2D eigenvalue weighted by Crippen LogP contribution is -2.51. The zero-order chi connectivity index (χ0) is 23.3. The van der Waals surface area contributed by atoms with Gasteiger partial charge in [0, 0.05) is 13.1 Å². The standard InChI is InChI=1S/C26H34N2O4/c1-18-16-28(13-12-26(18,3)22-10-7-11-23(29)15-22)17-21(14-20-8-5-4-6-9-20)24(30)27-19(2)25(31)32/h4-11,15,18-19,21,29H,12-14,16-17H2,1-3H3,(H,27,30)(H,31,32)/t18-,19+,21-,26+/m0/s1. The summed E-state index contributed by atoms with van der Waals surface area (Å²) in [4.78, 5) is 26.5. The van der Waals surface area contributed by atoms with Crippen molar-refractivity contribution in [2.45, 2.75) is 45.1 Å². The fourth-order valence-corrected chi connectivity index (χ4v) is 4.62. The number of nitrogens with one attached hydrogen (secondary N) is 1. The topological polar surface area (TPSA) is 89.9 Å². The quantitative estimate of drug-likeness (QED) is 0.587. The first-order valence-corrected chi connectivity index (χ1v) is 11.3. The molecule has 1 saturated heterocycles. The summed E-state index contributed by atoms with van der Waals surface area (Å²) in [5, 5.41) is 21.8. The molecule has 0 aliphatic carbocycles. The summed E-state index contributed by atoms with van der Waals surface area (Å²) >= 11 is 0. The van der Waals surface area contributed by atoms with Crippen LogP contribution in [0.1, 0.15) is 38.3 Å². The smallest absolute Gasteiger partial charge is 0.325 e. The first-order chi connectivity index (χ1) is 15.2. The van der Waals surface area contributed by atoms with E-state index in [0.717, 1.165) is 30.6 Å². The molecule has 1 amide bonds. The molecule has 1 fully saturated rings. The van der Waals surface area contributed by atoms with Crippen LogP contribution < -0.4 is 5.32 Å². The van der Waals surface area contributed by atoms with Crippen molar-refractivity contribution < 1.29 is 19.8 Å². The predicted octanol–water partition coefficient (Wildman–Crippen LogP) is 3.44. The minimum Gasteiger partial charge on any atom is -0.508 e. The lowest BCUT2D eigenvalue weighted by Gasteiger charge is -2.45. The maximum Gasteiger partial charge on any atom is 0.325 e. The molecule has 1 aliphatic rings. The minimum absolute atomic E-state index is 0.0513. The van der Waals surface area contributed by atoms with Gasteiger partial charge in [0.1, 0.15) is 11.8 Å². The summed E-state index contributed by atoms with van der Waals surface area (Å²) in [5.41, 5.74) is 2.15. The van der Waals surface area contributed by atoms with Gasteiger partial charge in [0.2, 0.25) is 5.91 Å². The number of aromatic hydroxyl groups is 1. The lowest BCUT2D eigenvalue weighted by molar-refractivity contribution is -0.142. The van der Waals surface area contributed by atoms with Crippen molar-refractivity contribution >= 4 is 11.9 Å². The Morgan fingerprint density at radius 1 is 1.19 bits per heavy atom. The number of carbonyl (C=O) groups is 2. The average Bonchev–Trinajstić information content (AvgIpc) is 2.76. The Morgan fingerprint density at radius 3 is 2.53 bits per heavy atom. The van der Waals surface area contributed by atoms with E-state index in [-0.39, 0.29) is 23.0 Å². The van der Waals surface area contributed by atoms with Crippen LogP contribution in [0.3, 0.4) is 0 Å². The molecule has 0 bridgehead atoms. The van der Waals surface area contributed by atoms with Crippen LogP contribution in [0.2, 0.25) is 0 Å². The van der Waals surface area contributed by atoms with Gasteiger partial charge in [-0.15, -0.1) is 0 Å². The van der Waals surface area contributed by atoms with Crippen LogP contribution in [-0.2, 0) is 21.4 Å². The number of benzene rings is 2. The van der Waals surface area contributed by atoms with Gasteiger partial charge in [0.25, 0.3) is 0 Å². The molecule has 0 aromatic heterocycles. The Hall–Kier alpha value is -2.86. The number of rotatable bonds is 8. The third-order valence-corrected chi connectivity index (χ3v) is 6.98. The van der Waals surface area contributed by atoms with E-state index in [1.54, 1.807) is 6.07 Å². The Balaban J connectivity index is 1.72. The monoisotopic (exact) mass is 438 g/mol. The van der Waals surface area contributed by atoms with Gasteiger partial charge in [-0.05, 0) is 60.9 Å². The van der Waals surface area contributed by atoms with Crippen molar-refractivity contribution in [3.05, 3.63) is 65.7 Å². The van der Waals surface area contributed by atoms with Crippen LogP contribution in [0.5, 0.6) is 5.75 Å². The number of piperidine rings is 1. The second-order valence-electron chi connectivity index (χ2n) is 9.33. The van der Waals surface area contributed by atoms with E-state index < -0.39 is 12.0 Å². The summed E-state index contributed by atoms with van der Waals surface area (Å²) in [6.07, 6.45) is 1.48. The number of likely N-dealkylation sites (tertiary alicyclic amines) is 1. The van der Waals surface area contributed by atoms with E-state index in [1.807, 2.05) is 42.5 Å². The van der Waals surface area contributed by atoms with E-state index in [2.05, 4.69) is 30.1 Å². The van der Waals surface area contributed by atoms with Crippen LogP contribution >= 0.6 is 0 Å². The van der Waals surface area contributed by atoms with Crippen LogP contribution in [0.15, 0.2) is 54.6 Å². The molecule has 1 aliphatic heterocycles. The number of carboxylic acids is 1. The largest absolute Gasteiger partial charge is 0.508 e. The molecule has 3 rings (SSSR count). The highest BCUT2D eigenvalue weighted by Crippen LogP contribution is 2.40. The van der Waals surface area contributed by atoms with E-state index in [9.17, 15) is 19.8 Å². The van der Waals surface area contributed by atoms with Gasteiger partial charge in [-0.2, -0.15) is 0 Å². The second kappa shape index (κ2) is 10.2. The first-order valence-electron chi connectivity index (χ1n) is 11.3. The summed E-state index contributed by atoms with van der Waals surface area (Å²) in [6.45, 7) is 8.20. The molecule has 0 saturated carbocycles. The highest BCUT2D eigenvalue weighted by molar-refractivity contribution is 5.85. The van der Waals surface area contributed by atoms with Crippen molar-refractivity contribution in [1.82, 2.24) is 10.2 Å². The molecular formula is C26H34N2O4. The molecule has 0 spiro atoms. The summed E-state index contributed by atoms with van der Waals surface area (Å²) in [6, 6.07) is 16.4. The number of phenolic OH excluding ortho intramolecular Hbond substituents is 1. The number of hydrogen-bond donors (Lipinski definition) is 3. The molecule has 4 atom stereocenters. The number of carbonyl (C=O) groups excluding carboxylic acids is 1. The van der Waals surface area contributed by atoms with Gasteiger partial charge in [0.15, 0.2) is 0 Å². The normalized spacial score (nSPS) is 23.3. The molecular weight excluding hydrogens is 404 g/mol. The molecule has 172 valence electrons. The number of phenols is 1. The summed E-state index contributed by atoms with van der Waals surface area (Å²) < 4.78 is 0. The number of amides is 1. The van der Waals surface area contributed by atoms with E-state index >= 15 is 0 Å². The molecule has 6 nitrogen and oxygen atoms in total. The maximum absolute atomic E-state index is 13.0. The fourth-order valence-electron chi connectivity index (χ4n) is 4.62. The molecule has 0 radical (unpaired) electrons. The van der Waals surface area contributed by atoms with Crippen molar-refractivity contribution in [3.63, 3.8) is 0 Å². The number of nitrogens with zero attached hydrogens (tertiary/aromatic N) is 1. The van der Waals surface area contributed by atoms with Gasteiger partial charge >= 0.3 is 5.97 Å². The van der Waals surface area contributed by atoms with Crippen LogP contribution in [0.25, 0.3) is 0 Å². The molecule has 6 heteroatoms. The Bertz CT molecular complexity index is 932. The Labute approximate surface area is 190 Å². The van der Waals surface area contributed by atoms with Crippen LogP contribution in [0.4, 0.5) is 0 Å². The molecule has 32 heavy (non-hydrogen) atoms. The van der Waals surface area contributed by atoms with Crippen molar-refractivity contribution in [2.24, 2.45) is 11.8 Å². The zero-order valence-corrected chi connectivity index (χ0v) is 19.1. The van der Waals surface area contributed by atoms with E-state index in [1.165, 1.54) is 6.92 Å². The third kappa shape index (κ3) is 5.68. The van der Waals surface area contributed by atoms with Crippen molar-refractivity contribution in [1.29, 1.82) is 0 Å². The number of aliphatic carboxylic acids is 1. The zero-order valence-electron chi connectivity index (χ0n) is 19.1. The third-order valence-electron chi connectivity index (χ3n) is 6.98. The van der Waals surface area contributed by atoms with Gasteiger partial charge in [-0.25, -0.2) is 0 Å². The lowest BCUT2D eigenvalue weighted by atomic mass is 9.68. The molecule has 0 unspecified atom stereocenters. The van der Waals surface area contributed by atoms with Crippen LogP contribution in [0, 0.1) is 11.8 Å². The summed E-state index contributed by atoms with van der Waals surface area (Å²) in [5.74, 6) is -0.985. The van der Waals surface area contributed by atoms with E-state index in [0.29, 0.717) is 18.9 Å². The Morgan fingerprint density at radius 2 is 1.91 bits per heavy atom. The number of carboxylic acid groups (broad SMARTS) is 1. The van der Waals surface area contributed by atoms with Gasteiger partial charge < -0.3 is 20.4 Å². The predicted molar refractivity (Wildman–Crippen MR) is 125 cm³/mol. The van der Waals surface area contributed by atoms with Crippen molar-refractivity contribution in [2.75, 3.05) is 19.6 Å². The molecule has 2 aromatic rings. The first kappa shape index (κ1) is 23.8. The maximum atomic E-state index is 13.0. The second-order valence-corrected chi connectivity index (χ2v) is 9.33. The SMILES string of the molecule is C[C@@H](NC(=O)[C@@H](Cc1ccccc1)CN1CC[C@@](C)(c2cccc(O)c2)[C@@H](C)C1)C(=O)O. The highest BCUT2D eigenvalue weighted by atomic mass is 16.4. The molecule has 1 heterocycles. The van der Waals surface area contributed by atoms with Crippen molar-refractivity contribution in [3.8, 4) is 5.75 Å².